The van der Waals surface area contributed by atoms with E-state index in [0.717, 1.165) is 18.5 Å². The molecule has 2 heterocycles. The zero-order valence-electron chi connectivity index (χ0n) is 14.4. The molecule has 2 fully saturated rings. The van der Waals surface area contributed by atoms with Crippen LogP contribution in [-0.2, 0) is 0 Å². The van der Waals surface area contributed by atoms with Crippen LogP contribution in [0.2, 0.25) is 0 Å². The second kappa shape index (κ2) is 6.78. The molecule has 138 valence electrons. The Morgan fingerprint density at radius 2 is 2.23 bits per heavy atom. The number of nitrogens with one attached hydrogen (secondary N) is 1. The van der Waals surface area contributed by atoms with Crippen molar-refractivity contribution < 1.29 is 9.90 Å². The monoisotopic (exact) mass is 374 g/mol. The maximum atomic E-state index is 12.6. The zero-order valence-corrected chi connectivity index (χ0v) is 15.2. The molecule has 0 bridgehead atoms. The van der Waals surface area contributed by atoms with Crippen molar-refractivity contribution >= 4 is 28.4 Å². The number of piperidine rings is 1. The predicted octanol–water partition coefficient (Wildman–Crippen LogP) is 1.17. The number of aromatic nitrogens is 1. The number of nitrogens with zero attached hydrogens (tertiary/aromatic N) is 2. The van der Waals surface area contributed by atoms with Crippen LogP contribution in [-0.4, -0.2) is 58.2 Å². The van der Waals surface area contributed by atoms with Gasteiger partial charge in [-0.25, -0.2) is 0 Å². The van der Waals surface area contributed by atoms with Gasteiger partial charge in [-0.1, -0.05) is 18.2 Å². The van der Waals surface area contributed by atoms with Crippen LogP contribution in [0.5, 0.6) is 0 Å². The topological polar surface area (TPSA) is 91.5 Å². The van der Waals surface area contributed by atoms with E-state index in [2.05, 4.69) is 15.2 Å². The number of carbonyl (C=O) groups is 1. The summed E-state index contributed by atoms with van der Waals surface area (Å²) in [7, 11) is 0. The molecule has 26 heavy (non-hydrogen) atoms. The number of alkyl halides is 1. The van der Waals surface area contributed by atoms with Crippen LogP contribution in [0.3, 0.4) is 0 Å². The molecule has 4 unspecified atom stereocenters. The Balaban J connectivity index is 1.39. The van der Waals surface area contributed by atoms with E-state index in [-0.39, 0.29) is 30.5 Å². The Morgan fingerprint density at radius 3 is 2.96 bits per heavy atom. The van der Waals surface area contributed by atoms with Gasteiger partial charge in [0.05, 0.1) is 22.1 Å². The molecule has 1 aliphatic carbocycles. The maximum absolute atomic E-state index is 12.6. The van der Waals surface area contributed by atoms with Crippen molar-refractivity contribution in [2.45, 2.75) is 17.5 Å². The summed E-state index contributed by atoms with van der Waals surface area (Å²) in [6.07, 6.45) is 2.16. The Hall–Kier alpha value is -1.73. The molecule has 4 atom stereocenters. The van der Waals surface area contributed by atoms with Gasteiger partial charge < -0.3 is 16.2 Å². The summed E-state index contributed by atoms with van der Waals surface area (Å²) in [5.74, 6) is 0.325. The molecule has 4 N–H and O–H groups in total. The van der Waals surface area contributed by atoms with Crippen molar-refractivity contribution in [2.24, 2.45) is 17.6 Å². The summed E-state index contributed by atoms with van der Waals surface area (Å²) in [4.78, 5) is 18.6. The molecular weight excluding hydrogens is 352 g/mol. The van der Waals surface area contributed by atoms with Crippen molar-refractivity contribution in [1.29, 1.82) is 0 Å². The highest BCUT2D eigenvalue weighted by Gasteiger charge is 2.72. The van der Waals surface area contributed by atoms with Gasteiger partial charge in [-0.3, -0.25) is 14.7 Å². The van der Waals surface area contributed by atoms with E-state index >= 15 is 0 Å². The van der Waals surface area contributed by atoms with Crippen LogP contribution in [0.4, 0.5) is 0 Å². The van der Waals surface area contributed by atoms with Crippen LogP contribution < -0.4 is 11.1 Å². The second-order valence-electron chi connectivity index (χ2n) is 7.15. The number of hydrogen-bond donors (Lipinski definition) is 3. The highest BCUT2D eigenvalue weighted by atomic mass is 35.5. The number of likely N-dealkylation sites (tertiary alicyclic amines) is 1. The fourth-order valence-electron chi connectivity index (χ4n) is 4.26. The van der Waals surface area contributed by atoms with E-state index in [9.17, 15) is 4.79 Å². The number of hydrogen-bond acceptors (Lipinski definition) is 5. The van der Waals surface area contributed by atoms with Gasteiger partial charge in [-0.2, -0.15) is 0 Å². The number of nitrogens with two attached hydrogens (primary N) is 1. The molecule has 2 aromatic rings. The number of pyridine rings is 1. The smallest absolute Gasteiger partial charge is 0.253 e. The number of fused-ring (bicyclic) bond motifs is 2. The van der Waals surface area contributed by atoms with Crippen LogP contribution in [0, 0.1) is 11.8 Å². The van der Waals surface area contributed by atoms with Gasteiger partial charge >= 0.3 is 0 Å². The van der Waals surface area contributed by atoms with Crippen molar-refractivity contribution in [3.8, 4) is 0 Å². The number of para-hydroxylation sites is 1. The van der Waals surface area contributed by atoms with Crippen LogP contribution in [0.15, 0.2) is 36.5 Å². The quantitative estimate of drug-likeness (QED) is 0.660. The van der Waals surface area contributed by atoms with Gasteiger partial charge in [0, 0.05) is 49.7 Å². The van der Waals surface area contributed by atoms with Crippen molar-refractivity contribution in [2.75, 3.05) is 26.2 Å². The normalized spacial score (nSPS) is 30.3. The molecule has 6 nitrogen and oxygen atoms in total. The lowest BCUT2D eigenvalue weighted by molar-refractivity contribution is 0.0949. The molecule has 1 saturated heterocycles. The molecule has 1 aliphatic heterocycles. The molecular formula is C19H23ClN4O2. The van der Waals surface area contributed by atoms with E-state index in [0.29, 0.717) is 24.0 Å². The first kappa shape index (κ1) is 17.7. The van der Waals surface area contributed by atoms with Crippen molar-refractivity contribution in [3.63, 3.8) is 0 Å². The van der Waals surface area contributed by atoms with Crippen LogP contribution >= 0.6 is 11.6 Å². The fourth-order valence-corrected chi connectivity index (χ4v) is 4.79. The summed E-state index contributed by atoms with van der Waals surface area (Å²) in [6, 6.07) is 9.40. The zero-order chi connectivity index (χ0) is 18.3. The fraction of sp³-hybridized carbons (Fsp3) is 0.474. The molecule has 4 rings (SSSR count). The molecule has 1 aromatic carbocycles. The third-order valence-corrected chi connectivity index (χ3v) is 6.54. The van der Waals surface area contributed by atoms with Crippen LogP contribution in [0.25, 0.3) is 10.9 Å². The van der Waals surface area contributed by atoms with Crippen molar-refractivity contribution in [1.82, 2.24) is 15.2 Å². The SMILES string of the molecule is NC1N(CCCO)CC2C(CNC(=O)c3cccc4cccnc34)C21Cl. The number of halogens is 1. The summed E-state index contributed by atoms with van der Waals surface area (Å²) < 4.78 is 0. The summed E-state index contributed by atoms with van der Waals surface area (Å²) in [5, 5.41) is 12.9. The van der Waals surface area contributed by atoms with Gasteiger partial charge in [-0.05, 0) is 18.6 Å². The lowest BCUT2D eigenvalue weighted by atomic mass is 10.1. The standard InChI is InChI=1S/C19H23ClN4O2/c20-19-14(15(19)11-24(18(19)21)8-3-9-25)10-23-17(26)13-6-1-4-12-5-2-7-22-16(12)13/h1-2,4-7,14-15,18,25H,3,8-11,21H2,(H,23,26). The number of aliphatic hydroxyl groups excluding tert-OH is 1. The van der Waals surface area contributed by atoms with E-state index in [1.807, 2.05) is 24.3 Å². The summed E-state index contributed by atoms with van der Waals surface area (Å²) in [6.45, 7) is 2.24. The third kappa shape index (κ3) is 2.77. The first-order valence-electron chi connectivity index (χ1n) is 8.98. The van der Waals surface area contributed by atoms with Crippen molar-refractivity contribution in [3.05, 3.63) is 42.1 Å². The molecule has 1 aromatic heterocycles. The van der Waals surface area contributed by atoms with Gasteiger partial charge in [0.15, 0.2) is 0 Å². The Kier molecular flexibility index (Phi) is 4.61. The van der Waals surface area contributed by atoms with E-state index in [1.54, 1.807) is 12.3 Å². The predicted molar refractivity (Wildman–Crippen MR) is 101 cm³/mol. The minimum atomic E-state index is -0.472. The lowest BCUT2D eigenvalue weighted by Crippen LogP contribution is -2.48. The second-order valence-corrected chi connectivity index (χ2v) is 7.80. The van der Waals surface area contributed by atoms with Gasteiger partial charge in [0.1, 0.15) is 0 Å². The molecule has 1 saturated carbocycles. The average molecular weight is 375 g/mol. The average Bonchev–Trinajstić information content (AvgIpc) is 3.15. The highest BCUT2D eigenvalue weighted by Crippen LogP contribution is 2.62. The minimum absolute atomic E-state index is 0.134. The summed E-state index contributed by atoms with van der Waals surface area (Å²) >= 11 is 6.76. The number of benzene rings is 1. The Labute approximate surface area is 157 Å². The van der Waals surface area contributed by atoms with E-state index in [1.165, 1.54) is 0 Å². The molecule has 2 aliphatic rings. The van der Waals surface area contributed by atoms with Crippen LogP contribution in [0.1, 0.15) is 16.8 Å². The maximum Gasteiger partial charge on any atom is 0.253 e. The third-order valence-electron chi connectivity index (χ3n) is 5.75. The summed E-state index contributed by atoms with van der Waals surface area (Å²) in [5.41, 5.74) is 7.59. The molecule has 1 amide bonds. The number of carbonyl (C=O) groups excluding carboxylic acids is 1. The van der Waals surface area contributed by atoms with Gasteiger partial charge in [-0.15, -0.1) is 11.6 Å². The lowest BCUT2D eigenvalue weighted by Gasteiger charge is -2.28. The molecule has 0 radical (unpaired) electrons. The Bertz CT molecular complexity index is 827. The first-order chi connectivity index (χ1) is 12.6. The number of amides is 1. The molecule has 0 spiro atoms. The number of aliphatic hydroxyl groups is 1. The van der Waals surface area contributed by atoms with Gasteiger partial charge in [0.25, 0.3) is 5.91 Å². The minimum Gasteiger partial charge on any atom is -0.396 e. The Morgan fingerprint density at radius 1 is 1.42 bits per heavy atom. The number of rotatable bonds is 6. The first-order valence-corrected chi connectivity index (χ1v) is 9.36. The highest BCUT2D eigenvalue weighted by molar-refractivity contribution is 6.27. The molecule has 7 heteroatoms. The largest absolute Gasteiger partial charge is 0.396 e. The van der Waals surface area contributed by atoms with E-state index < -0.39 is 4.87 Å². The van der Waals surface area contributed by atoms with Gasteiger partial charge in [0.2, 0.25) is 0 Å². The van der Waals surface area contributed by atoms with E-state index in [4.69, 9.17) is 22.4 Å².